The Morgan fingerprint density at radius 3 is 2.54 bits per heavy atom. The number of hydrogen-bond donors (Lipinski definition) is 1. The summed E-state index contributed by atoms with van der Waals surface area (Å²) in [6.45, 7) is 0. The molecule has 0 atom stereocenters. The average molecular weight is 294 g/mol. The fourth-order valence-electron chi connectivity index (χ4n) is 0.817. The molecule has 0 amide bonds. The topological polar surface area (TPSA) is 46.5 Å². The number of ether oxygens (including phenoxy) is 1. The minimum absolute atomic E-state index is 0.303. The van der Waals surface area contributed by atoms with Gasteiger partial charge in [0.15, 0.2) is 0 Å². The van der Waals surface area contributed by atoms with Crippen LogP contribution in [0.3, 0.4) is 0 Å². The van der Waals surface area contributed by atoms with Crippen LogP contribution < -0.4 is 8.35 Å². The summed E-state index contributed by atoms with van der Waals surface area (Å²) in [6, 6.07) is 7.60. The van der Waals surface area contributed by atoms with E-state index in [0.29, 0.717) is 4.47 Å². The van der Waals surface area contributed by atoms with Crippen molar-refractivity contribution in [2.75, 3.05) is 7.11 Å². The van der Waals surface area contributed by atoms with Crippen molar-refractivity contribution in [3.8, 4) is 5.75 Å². The predicted octanol–water partition coefficient (Wildman–Crippen LogP) is 0.528. The molecule has 0 heterocycles. The van der Waals surface area contributed by atoms with Gasteiger partial charge >= 0.3 is 86.7 Å². The van der Waals surface area contributed by atoms with E-state index in [9.17, 15) is 4.79 Å². The van der Waals surface area contributed by atoms with Crippen LogP contribution in [0.5, 0.6) is 5.75 Å². The molecule has 0 bridgehead atoms. The molecule has 1 aromatic carbocycles. The molecule has 0 saturated heterocycles. The number of methoxy groups -OCH3 is 1. The molecule has 1 N–H and O–H groups in total. The van der Waals surface area contributed by atoms with Crippen LogP contribution in [0.15, 0.2) is 24.3 Å². The second kappa shape index (κ2) is 5.11. The van der Waals surface area contributed by atoms with E-state index < -0.39 is 26.9 Å². The van der Waals surface area contributed by atoms with Gasteiger partial charge in [0, 0.05) is 0 Å². The molecular weight excluding hydrogens is 284 g/mol. The first-order chi connectivity index (χ1) is 6.22. The van der Waals surface area contributed by atoms with E-state index in [1.807, 2.05) is 24.3 Å². The van der Waals surface area contributed by atoms with Crippen LogP contribution >= 0.6 is 0 Å². The predicted molar refractivity (Wildman–Crippen MR) is 50.8 cm³/mol. The third-order valence-electron chi connectivity index (χ3n) is 1.42. The van der Waals surface area contributed by atoms with Crippen LogP contribution in [-0.4, -0.2) is 39.1 Å². The number of carboxylic acid groups (broad SMARTS) is 1. The third-order valence-corrected chi connectivity index (χ3v) is 4.27. The molecule has 4 heteroatoms. The van der Waals surface area contributed by atoms with Crippen LogP contribution in [0.1, 0.15) is 0 Å². The van der Waals surface area contributed by atoms with Gasteiger partial charge in [-0.1, -0.05) is 0 Å². The number of aliphatic carboxylic acids is 1. The molecule has 0 aliphatic carbocycles. The quantitative estimate of drug-likeness (QED) is 0.824. The number of hydrogen-bond acceptors (Lipinski definition) is 2. The maximum atomic E-state index is 10.3. The van der Waals surface area contributed by atoms with Gasteiger partial charge in [-0.25, -0.2) is 0 Å². The summed E-state index contributed by atoms with van der Waals surface area (Å²) in [5, 5.41) is 8.48. The molecule has 0 saturated carbocycles. The molecule has 0 aliphatic heterocycles. The number of rotatable bonds is 4. The van der Waals surface area contributed by atoms with Crippen LogP contribution in [0, 0.1) is 0 Å². The monoisotopic (exact) mass is 296 g/mol. The number of carbonyl (C=O) groups is 1. The summed E-state index contributed by atoms with van der Waals surface area (Å²) in [6.07, 6.45) is 0. The van der Waals surface area contributed by atoms with Crippen LogP contribution in [0.4, 0.5) is 0 Å². The Balaban J connectivity index is 2.54. The van der Waals surface area contributed by atoms with Crippen molar-refractivity contribution in [1.29, 1.82) is 0 Å². The standard InChI is InChI=1S/C9H10O3Te/c1-12-7-2-4-8(5-3-7)13-6-9(10)11/h2-5H,6H2,1H3,(H,10,11). The Labute approximate surface area is 86.8 Å². The zero-order valence-corrected chi connectivity index (χ0v) is 9.52. The fraction of sp³-hybridized carbons (Fsp3) is 0.222. The van der Waals surface area contributed by atoms with Gasteiger partial charge in [-0.05, 0) is 0 Å². The van der Waals surface area contributed by atoms with E-state index >= 15 is 0 Å². The summed E-state index contributed by atoms with van der Waals surface area (Å²) in [7, 11) is 1.61. The molecule has 13 heavy (non-hydrogen) atoms. The zero-order chi connectivity index (χ0) is 9.68. The van der Waals surface area contributed by atoms with Crippen molar-refractivity contribution in [3.63, 3.8) is 0 Å². The Morgan fingerprint density at radius 1 is 1.46 bits per heavy atom. The number of benzene rings is 1. The van der Waals surface area contributed by atoms with Gasteiger partial charge in [-0.15, -0.1) is 0 Å². The normalized spacial score (nSPS) is 9.62. The molecule has 0 aliphatic rings. The fourth-order valence-corrected chi connectivity index (χ4v) is 2.58. The van der Waals surface area contributed by atoms with Gasteiger partial charge in [0.2, 0.25) is 0 Å². The van der Waals surface area contributed by atoms with Crippen molar-refractivity contribution in [2.45, 2.75) is 4.47 Å². The average Bonchev–Trinajstić information content (AvgIpc) is 2.15. The zero-order valence-electron chi connectivity index (χ0n) is 7.19. The van der Waals surface area contributed by atoms with Gasteiger partial charge in [0.1, 0.15) is 0 Å². The van der Waals surface area contributed by atoms with Gasteiger partial charge in [0.25, 0.3) is 0 Å². The molecular formula is C9H10O3Te. The van der Waals surface area contributed by atoms with Gasteiger partial charge in [-0.2, -0.15) is 0 Å². The van der Waals surface area contributed by atoms with Gasteiger partial charge < -0.3 is 0 Å². The Morgan fingerprint density at radius 2 is 2.08 bits per heavy atom. The van der Waals surface area contributed by atoms with Crippen molar-refractivity contribution in [2.24, 2.45) is 0 Å². The van der Waals surface area contributed by atoms with Crippen LogP contribution in [0.25, 0.3) is 0 Å². The molecule has 0 spiro atoms. The summed E-state index contributed by atoms with van der Waals surface area (Å²) >= 11 is -0.560. The summed E-state index contributed by atoms with van der Waals surface area (Å²) in [5.41, 5.74) is 0. The van der Waals surface area contributed by atoms with Crippen LogP contribution in [0.2, 0.25) is 4.47 Å². The van der Waals surface area contributed by atoms with E-state index in [4.69, 9.17) is 9.84 Å². The molecule has 70 valence electrons. The van der Waals surface area contributed by atoms with E-state index in [1.165, 1.54) is 0 Å². The molecule has 1 rings (SSSR count). The molecule has 0 fully saturated rings. The van der Waals surface area contributed by atoms with E-state index in [0.717, 1.165) is 9.36 Å². The van der Waals surface area contributed by atoms with Crippen molar-refractivity contribution in [3.05, 3.63) is 24.3 Å². The molecule has 0 radical (unpaired) electrons. The van der Waals surface area contributed by atoms with Crippen molar-refractivity contribution in [1.82, 2.24) is 0 Å². The summed E-state index contributed by atoms with van der Waals surface area (Å²) in [5.74, 6) is 0.102. The Hall–Kier alpha value is -0.720. The van der Waals surface area contributed by atoms with Crippen molar-refractivity contribution >= 4 is 30.5 Å². The maximum absolute atomic E-state index is 10.3. The second-order valence-corrected chi connectivity index (χ2v) is 5.35. The summed E-state index contributed by atoms with van der Waals surface area (Å²) < 4.78 is 6.44. The first-order valence-electron chi connectivity index (χ1n) is 3.71. The Kier molecular flexibility index (Phi) is 4.07. The first kappa shape index (κ1) is 10.4. The van der Waals surface area contributed by atoms with E-state index in [2.05, 4.69) is 0 Å². The molecule has 0 unspecified atom stereocenters. The second-order valence-electron chi connectivity index (χ2n) is 2.36. The van der Waals surface area contributed by atoms with Crippen molar-refractivity contribution < 1.29 is 14.6 Å². The SMILES string of the molecule is COc1ccc([Te]CC(=O)O)cc1. The van der Waals surface area contributed by atoms with E-state index in [1.54, 1.807) is 7.11 Å². The first-order valence-corrected chi connectivity index (χ1v) is 6.52. The molecule has 3 nitrogen and oxygen atoms in total. The minimum atomic E-state index is -0.710. The third kappa shape index (κ3) is 3.66. The van der Waals surface area contributed by atoms with Gasteiger partial charge in [0.05, 0.1) is 0 Å². The van der Waals surface area contributed by atoms with Gasteiger partial charge in [-0.3, -0.25) is 0 Å². The van der Waals surface area contributed by atoms with Crippen LogP contribution in [-0.2, 0) is 4.79 Å². The molecule has 0 aromatic heterocycles. The summed E-state index contributed by atoms with van der Waals surface area (Å²) in [4.78, 5) is 10.3. The molecule has 1 aromatic rings. The number of carboxylic acids is 1. The Bertz CT molecular complexity index is 281. The van der Waals surface area contributed by atoms with E-state index in [-0.39, 0.29) is 0 Å².